The van der Waals surface area contributed by atoms with Gasteiger partial charge in [-0.2, -0.15) is 5.10 Å². The van der Waals surface area contributed by atoms with Crippen LogP contribution in [0, 0.1) is 0 Å². The van der Waals surface area contributed by atoms with Crippen molar-refractivity contribution in [3.8, 4) is 16.9 Å². The Morgan fingerprint density at radius 3 is 2.32 bits per heavy atom. The van der Waals surface area contributed by atoms with E-state index in [9.17, 15) is 0 Å². The van der Waals surface area contributed by atoms with Crippen LogP contribution in [0.1, 0.15) is 5.56 Å². The van der Waals surface area contributed by atoms with Gasteiger partial charge < -0.3 is 0 Å². The van der Waals surface area contributed by atoms with Gasteiger partial charge in [0.25, 0.3) is 0 Å². The minimum Gasteiger partial charge on any atom is -0.264 e. The quantitative estimate of drug-likeness (QED) is 0.511. The van der Waals surface area contributed by atoms with Crippen LogP contribution >= 0.6 is 0 Å². The molecule has 25 heavy (non-hydrogen) atoms. The van der Waals surface area contributed by atoms with Crippen LogP contribution in [-0.4, -0.2) is 21.0 Å². The summed E-state index contributed by atoms with van der Waals surface area (Å²) in [4.78, 5) is 8.75. The number of pyridine rings is 1. The van der Waals surface area contributed by atoms with E-state index in [0.29, 0.717) is 0 Å². The Morgan fingerprint density at radius 1 is 0.840 bits per heavy atom. The van der Waals surface area contributed by atoms with E-state index in [4.69, 9.17) is 5.10 Å². The highest BCUT2D eigenvalue weighted by atomic mass is 15.3. The number of aliphatic imine (C=N–C) groups is 1. The van der Waals surface area contributed by atoms with Crippen molar-refractivity contribution in [1.29, 1.82) is 0 Å². The second kappa shape index (κ2) is 6.93. The van der Waals surface area contributed by atoms with Crippen LogP contribution in [0.25, 0.3) is 16.9 Å². The molecule has 2 heterocycles. The van der Waals surface area contributed by atoms with E-state index in [-0.39, 0.29) is 0 Å². The summed E-state index contributed by atoms with van der Waals surface area (Å²) in [5, 5.41) is 4.75. The minimum atomic E-state index is 0.772. The highest BCUT2D eigenvalue weighted by molar-refractivity contribution is 5.81. The van der Waals surface area contributed by atoms with Crippen molar-refractivity contribution < 1.29 is 0 Å². The zero-order valence-corrected chi connectivity index (χ0v) is 13.5. The zero-order valence-electron chi connectivity index (χ0n) is 13.5. The first kappa shape index (κ1) is 15.0. The average molecular weight is 324 g/mol. The number of hydrogen-bond donors (Lipinski definition) is 0. The van der Waals surface area contributed by atoms with Crippen molar-refractivity contribution in [3.05, 3.63) is 96.8 Å². The van der Waals surface area contributed by atoms with Gasteiger partial charge in [0.15, 0.2) is 5.82 Å². The third-order valence-corrected chi connectivity index (χ3v) is 3.79. The second-order valence-corrected chi connectivity index (χ2v) is 5.55. The second-order valence-electron chi connectivity index (χ2n) is 5.55. The van der Waals surface area contributed by atoms with Crippen molar-refractivity contribution in [2.24, 2.45) is 4.99 Å². The Kier molecular flexibility index (Phi) is 4.16. The standard InChI is InChI=1S/C21H16N4/c1-3-9-18(10-4-1)20-14-21(23-16-17-8-7-13-22-15-17)25(24-20)19-11-5-2-6-12-19/h1-16H. The summed E-state index contributed by atoms with van der Waals surface area (Å²) in [6, 6.07) is 26.0. The largest absolute Gasteiger partial charge is 0.264 e. The van der Waals surface area contributed by atoms with Gasteiger partial charge in [0.1, 0.15) is 0 Å². The lowest BCUT2D eigenvalue weighted by Crippen LogP contribution is -1.96. The minimum absolute atomic E-state index is 0.772. The maximum atomic E-state index is 4.75. The molecule has 2 aromatic heterocycles. The first-order valence-corrected chi connectivity index (χ1v) is 8.05. The fourth-order valence-corrected chi connectivity index (χ4v) is 2.57. The molecular weight excluding hydrogens is 308 g/mol. The van der Waals surface area contributed by atoms with E-state index in [1.54, 1.807) is 18.6 Å². The molecule has 4 heteroatoms. The van der Waals surface area contributed by atoms with Gasteiger partial charge in [-0.25, -0.2) is 9.67 Å². The summed E-state index contributed by atoms with van der Waals surface area (Å²) in [6.45, 7) is 0. The van der Waals surface area contributed by atoms with E-state index in [1.165, 1.54) is 0 Å². The molecule has 4 aromatic rings. The van der Waals surface area contributed by atoms with E-state index in [2.05, 4.69) is 9.98 Å². The first-order chi connectivity index (χ1) is 12.4. The van der Waals surface area contributed by atoms with Crippen molar-refractivity contribution in [3.63, 3.8) is 0 Å². The number of para-hydroxylation sites is 1. The Balaban J connectivity index is 1.78. The molecule has 0 aliphatic rings. The van der Waals surface area contributed by atoms with E-state index in [0.717, 1.165) is 28.3 Å². The maximum absolute atomic E-state index is 4.75. The summed E-state index contributed by atoms with van der Waals surface area (Å²) in [7, 11) is 0. The van der Waals surface area contributed by atoms with Gasteiger partial charge in [-0.15, -0.1) is 0 Å². The molecule has 4 nitrogen and oxygen atoms in total. The average Bonchev–Trinajstić information content (AvgIpc) is 3.13. The van der Waals surface area contributed by atoms with E-state index < -0.39 is 0 Å². The molecule has 2 aromatic carbocycles. The Hall–Kier alpha value is -3.53. The molecule has 0 aliphatic heterocycles. The van der Waals surface area contributed by atoms with Crippen LogP contribution < -0.4 is 0 Å². The lowest BCUT2D eigenvalue weighted by molar-refractivity contribution is 0.885. The maximum Gasteiger partial charge on any atom is 0.156 e. The van der Waals surface area contributed by atoms with Crippen molar-refractivity contribution in [2.45, 2.75) is 0 Å². The molecule has 0 saturated heterocycles. The summed E-state index contributed by atoms with van der Waals surface area (Å²) in [5.74, 6) is 0.772. The fraction of sp³-hybridized carbons (Fsp3) is 0. The predicted molar refractivity (Wildman–Crippen MR) is 100 cm³/mol. The van der Waals surface area contributed by atoms with Crippen LogP contribution in [0.4, 0.5) is 5.82 Å². The predicted octanol–water partition coefficient (Wildman–Crippen LogP) is 4.68. The molecule has 0 spiro atoms. The van der Waals surface area contributed by atoms with Gasteiger partial charge in [-0.3, -0.25) is 4.98 Å². The molecule has 0 N–H and O–H groups in total. The van der Waals surface area contributed by atoms with Crippen LogP contribution in [0.2, 0.25) is 0 Å². The van der Waals surface area contributed by atoms with Crippen molar-refractivity contribution >= 4 is 12.0 Å². The number of hydrogen-bond acceptors (Lipinski definition) is 3. The van der Waals surface area contributed by atoms with Gasteiger partial charge in [0.05, 0.1) is 11.4 Å². The molecule has 4 rings (SSSR count). The smallest absolute Gasteiger partial charge is 0.156 e. The molecule has 0 radical (unpaired) electrons. The van der Waals surface area contributed by atoms with Crippen LogP contribution in [0.15, 0.2) is 96.2 Å². The summed E-state index contributed by atoms with van der Waals surface area (Å²) in [5.41, 5.74) is 3.88. The summed E-state index contributed by atoms with van der Waals surface area (Å²) < 4.78 is 1.86. The highest BCUT2D eigenvalue weighted by Gasteiger charge is 2.10. The third kappa shape index (κ3) is 3.38. The SMILES string of the molecule is C(=Nc1cc(-c2ccccc2)nn1-c1ccccc1)c1cccnc1. The first-order valence-electron chi connectivity index (χ1n) is 8.05. The molecule has 0 amide bonds. The van der Waals surface area contributed by atoms with Crippen LogP contribution in [0.5, 0.6) is 0 Å². The number of nitrogens with zero attached hydrogens (tertiary/aromatic N) is 4. The number of benzene rings is 2. The van der Waals surface area contributed by atoms with Gasteiger partial charge in [0, 0.05) is 35.8 Å². The Bertz CT molecular complexity index is 974. The topological polar surface area (TPSA) is 43.1 Å². The van der Waals surface area contributed by atoms with Gasteiger partial charge in [-0.1, -0.05) is 54.6 Å². The van der Waals surface area contributed by atoms with Crippen LogP contribution in [-0.2, 0) is 0 Å². The Morgan fingerprint density at radius 2 is 1.60 bits per heavy atom. The molecule has 0 unspecified atom stereocenters. The lowest BCUT2D eigenvalue weighted by atomic mass is 10.2. The lowest BCUT2D eigenvalue weighted by Gasteiger charge is -2.03. The third-order valence-electron chi connectivity index (χ3n) is 3.79. The molecular formula is C21H16N4. The van der Waals surface area contributed by atoms with Crippen molar-refractivity contribution in [2.75, 3.05) is 0 Å². The summed E-state index contributed by atoms with van der Waals surface area (Å²) in [6.07, 6.45) is 5.34. The van der Waals surface area contributed by atoms with Crippen LogP contribution in [0.3, 0.4) is 0 Å². The number of aromatic nitrogens is 3. The summed E-state index contributed by atoms with van der Waals surface area (Å²) >= 11 is 0. The normalized spacial score (nSPS) is 11.0. The zero-order chi connectivity index (χ0) is 16.9. The molecule has 120 valence electrons. The molecule has 0 saturated carbocycles. The van der Waals surface area contributed by atoms with Gasteiger partial charge >= 0.3 is 0 Å². The molecule has 0 aliphatic carbocycles. The fourth-order valence-electron chi connectivity index (χ4n) is 2.57. The van der Waals surface area contributed by atoms with Gasteiger partial charge in [-0.05, 0) is 18.2 Å². The van der Waals surface area contributed by atoms with Gasteiger partial charge in [0.2, 0.25) is 0 Å². The molecule has 0 bridgehead atoms. The van der Waals surface area contributed by atoms with Crippen molar-refractivity contribution in [1.82, 2.24) is 14.8 Å². The molecule has 0 fully saturated rings. The number of rotatable bonds is 4. The Labute approximate surface area is 146 Å². The highest BCUT2D eigenvalue weighted by Crippen LogP contribution is 2.26. The molecule has 0 atom stereocenters. The van der Waals surface area contributed by atoms with E-state index >= 15 is 0 Å². The van der Waals surface area contributed by atoms with E-state index in [1.807, 2.05) is 83.5 Å². The monoisotopic (exact) mass is 324 g/mol.